The first-order chi connectivity index (χ1) is 13.1. The zero-order chi connectivity index (χ0) is 19.0. The van der Waals surface area contributed by atoms with E-state index >= 15 is 0 Å². The van der Waals surface area contributed by atoms with E-state index in [1.807, 2.05) is 18.2 Å². The number of hydrogen-bond donors (Lipinski definition) is 3. The van der Waals surface area contributed by atoms with Gasteiger partial charge in [-0.1, -0.05) is 24.6 Å². The van der Waals surface area contributed by atoms with Gasteiger partial charge in [-0.3, -0.25) is 5.10 Å². The molecule has 0 atom stereocenters. The molecule has 2 aromatic carbocycles. The first-order valence-corrected chi connectivity index (χ1v) is 9.78. The molecular weight excluding hydrogens is 388 g/mol. The number of aromatic amines is 1. The van der Waals surface area contributed by atoms with E-state index in [9.17, 15) is 10.2 Å². The maximum atomic E-state index is 10.4. The minimum Gasteiger partial charge on any atom is -0.507 e. The molecule has 8 heteroatoms. The number of ether oxygens (including phenoxy) is 2. The molecule has 4 rings (SSSR count). The highest BCUT2D eigenvalue weighted by Crippen LogP contribution is 2.45. The van der Waals surface area contributed by atoms with E-state index in [2.05, 4.69) is 17.1 Å². The Balaban J connectivity index is 1.88. The molecule has 0 amide bonds. The van der Waals surface area contributed by atoms with E-state index in [0.717, 1.165) is 28.3 Å². The van der Waals surface area contributed by atoms with E-state index in [-0.39, 0.29) is 23.3 Å². The van der Waals surface area contributed by atoms with Gasteiger partial charge in [0.05, 0.1) is 10.7 Å². The lowest BCUT2D eigenvalue weighted by Gasteiger charge is -2.10. The van der Waals surface area contributed by atoms with Gasteiger partial charge in [0.15, 0.2) is 11.5 Å². The number of benzene rings is 2. The first-order valence-electron chi connectivity index (χ1n) is 8.41. The number of aromatic hydroxyl groups is 2. The van der Waals surface area contributed by atoms with Gasteiger partial charge in [0.25, 0.3) is 0 Å². The lowest BCUT2D eigenvalue weighted by Crippen LogP contribution is -1.92. The molecule has 0 unspecified atom stereocenters. The van der Waals surface area contributed by atoms with E-state index in [4.69, 9.17) is 21.1 Å². The summed E-state index contributed by atoms with van der Waals surface area (Å²) in [6.07, 6.45) is 1.00. The number of phenols is 2. The molecule has 0 saturated carbocycles. The van der Waals surface area contributed by atoms with Crippen LogP contribution in [0.3, 0.4) is 0 Å². The largest absolute Gasteiger partial charge is 0.507 e. The summed E-state index contributed by atoms with van der Waals surface area (Å²) >= 11 is 7.69. The molecule has 0 radical (unpaired) electrons. The van der Waals surface area contributed by atoms with Crippen molar-refractivity contribution in [3.63, 3.8) is 0 Å². The number of H-pyrrole nitrogens is 1. The molecule has 3 aromatic rings. The molecule has 0 aliphatic carbocycles. The Hall–Kier alpha value is -2.51. The van der Waals surface area contributed by atoms with Crippen LogP contribution >= 0.6 is 23.4 Å². The van der Waals surface area contributed by atoms with Crippen molar-refractivity contribution in [3.05, 3.63) is 35.4 Å². The summed E-state index contributed by atoms with van der Waals surface area (Å²) in [4.78, 5) is 0. The van der Waals surface area contributed by atoms with Crippen molar-refractivity contribution in [2.75, 3.05) is 12.5 Å². The average molecular weight is 405 g/mol. The Morgan fingerprint density at radius 3 is 2.78 bits per heavy atom. The van der Waals surface area contributed by atoms with Crippen molar-refractivity contribution >= 4 is 23.4 Å². The molecule has 0 bridgehead atoms. The Morgan fingerprint density at radius 1 is 1.15 bits per heavy atom. The van der Waals surface area contributed by atoms with Crippen molar-refractivity contribution in [1.82, 2.24) is 10.2 Å². The molecule has 2 heterocycles. The van der Waals surface area contributed by atoms with Gasteiger partial charge in [0, 0.05) is 17.2 Å². The van der Waals surface area contributed by atoms with Gasteiger partial charge >= 0.3 is 0 Å². The molecule has 0 saturated heterocycles. The minimum absolute atomic E-state index is 0.0883. The van der Waals surface area contributed by atoms with Crippen LogP contribution in [0.25, 0.3) is 22.4 Å². The van der Waals surface area contributed by atoms with Crippen LogP contribution in [0.2, 0.25) is 5.02 Å². The molecule has 0 fully saturated rings. The van der Waals surface area contributed by atoms with Crippen LogP contribution in [0.15, 0.2) is 35.4 Å². The van der Waals surface area contributed by atoms with E-state index in [0.29, 0.717) is 22.8 Å². The summed E-state index contributed by atoms with van der Waals surface area (Å²) in [7, 11) is 0. The van der Waals surface area contributed by atoms with Crippen molar-refractivity contribution in [2.45, 2.75) is 18.4 Å². The summed E-state index contributed by atoms with van der Waals surface area (Å²) in [5.74, 6) is 2.00. The second kappa shape index (κ2) is 7.25. The first kappa shape index (κ1) is 17.9. The zero-order valence-electron chi connectivity index (χ0n) is 14.5. The number of rotatable bonds is 5. The third kappa shape index (κ3) is 3.28. The Morgan fingerprint density at radius 2 is 1.96 bits per heavy atom. The molecule has 1 aromatic heterocycles. The van der Waals surface area contributed by atoms with Crippen LogP contribution in [-0.2, 0) is 0 Å². The van der Waals surface area contributed by atoms with Gasteiger partial charge in [-0.05, 0) is 35.9 Å². The Bertz CT molecular complexity index is 1010. The highest BCUT2D eigenvalue weighted by Gasteiger charge is 2.23. The smallest absolute Gasteiger partial charge is 0.231 e. The summed E-state index contributed by atoms with van der Waals surface area (Å²) in [6.45, 7) is 2.30. The molecular formula is C19H17ClN2O4S. The monoisotopic (exact) mass is 404 g/mol. The number of aromatic nitrogens is 2. The van der Waals surface area contributed by atoms with Crippen molar-refractivity contribution in [2.24, 2.45) is 0 Å². The maximum absolute atomic E-state index is 10.4. The summed E-state index contributed by atoms with van der Waals surface area (Å²) in [5.41, 5.74) is 2.79. The van der Waals surface area contributed by atoms with Crippen LogP contribution in [0.4, 0.5) is 0 Å². The van der Waals surface area contributed by atoms with E-state index in [1.54, 1.807) is 11.8 Å². The maximum Gasteiger partial charge on any atom is 0.231 e. The zero-order valence-corrected chi connectivity index (χ0v) is 16.0. The summed E-state index contributed by atoms with van der Waals surface area (Å²) < 4.78 is 10.9. The molecule has 1 aliphatic heterocycles. The fourth-order valence-corrected chi connectivity index (χ4v) is 3.93. The third-order valence-corrected chi connectivity index (χ3v) is 5.66. The standard InChI is InChI=1S/C19H17ClN2O4S/c1-2-5-27-19-17(10-3-4-15-16(6-10)26-9-25-15)18(21-22-19)11-7-12(20)14(24)8-13(11)23/h3-4,6-8,23-24H,2,5,9H2,1H3,(H,21,22). The quantitative estimate of drug-likeness (QED) is 0.516. The van der Waals surface area contributed by atoms with Crippen LogP contribution in [-0.4, -0.2) is 33.0 Å². The third-order valence-electron chi connectivity index (χ3n) is 4.17. The van der Waals surface area contributed by atoms with Crippen LogP contribution in [0.5, 0.6) is 23.0 Å². The number of nitrogens with one attached hydrogen (secondary N) is 1. The minimum atomic E-state index is -0.178. The van der Waals surface area contributed by atoms with E-state index in [1.165, 1.54) is 12.1 Å². The fraction of sp³-hybridized carbons (Fsp3) is 0.211. The highest BCUT2D eigenvalue weighted by molar-refractivity contribution is 7.99. The number of nitrogens with zero attached hydrogens (tertiary/aromatic N) is 1. The highest BCUT2D eigenvalue weighted by atomic mass is 35.5. The van der Waals surface area contributed by atoms with Crippen molar-refractivity contribution < 1.29 is 19.7 Å². The predicted molar refractivity (Wildman–Crippen MR) is 105 cm³/mol. The fourth-order valence-electron chi connectivity index (χ4n) is 2.89. The molecule has 0 spiro atoms. The molecule has 27 heavy (non-hydrogen) atoms. The normalized spacial score (nSPS) is 12.5. The number of hydrogen-bond acceptors (Lipinski definition) is 6. The van der Waals surface area contributed by atoms with Crippen LogP contribution in [0.1, 0.15) is 13.3 Å². The van der Waals surface area contributed by atoms with Crippen LogP contribution < -0.4 is 9.47 Å². The van der Waals surface area contributed by atoms with Crippen molar-refractivity contribution in [1.29, 1.82) is 0 Å². The van der Waals surface area contributed by atoms with Gasteiger partial charge in [0.2, 0.25) is 6.79 Å². The number of fused-ring (bicyclic) bond motifs is 1. The molecule has 3 N–H and O–H groups in total. The molecule has 140 valence electrons. The van der Waals surface area contributed by atoms with E-state index < -0.39 is 0 Å². The average Bonchev–Trinajstić information content (AvgIpc) is 3.28. The molecule has 6 nitrogen and oxygen atoms in total. The Kier molecular flexibility index (Phi) is 4.80. The van der Waals surface area contributed by atoms with Gasteiger partial charge in [-0.25, -0.2) is 0 Å². The summed E-state index contributed by atoms with van der Waals surface area (Å²) in [6, 6.07) is 8.42. The number of halogens is 1. The van der Waals surface area contributed by atoms with Gasteiger partial charge < -0.3 is 19.7 Å². The number of thioether (sulfide) groups is 1. The van der Waals surface area contributed by atoms with Gasteiger partial charge in [-0.2, -0.15) is 5.10 Å². The summed E-state index contributed by atoms with van der Waals surface area (Å²) in [5, 5.41) is 28.5. The second-order valence-electron chi connectivity index (χ2n) is 6.02. The SMILES string of the molecule is CCCSc1n[nH]c(-c2cc(Cl)c(O)cc2O)c1-c1ccc2c(c1)OCO2. The molecule has 1 aliphatic rings. The van der Waals surface area contributed by atoms with Crippen molar-refractivity contribution in [3.8, 4) is 45.4 Å². The Labute approximate surface area is 165 Å². The lowest BCUT2D eigenvalue weighted by molar-refractivity contribution is 0.174. The predicted octanol–water partition coefficient (Wildman–Crippen LogP) is 5.04. The topological polar surface area (TPSA) is 87.6 Å². The van der Waals surface area contributed by atoms with Gasteiger partial charge in [-0.15, -0.1) is 11.8 Å². The van der Waals surface area contributed by atoms with Gasteiger partial charge in [0.1, 0.15) is 16.5 Å². The van der Waals surface area contributed by atoms with Crippen LogP contribution in [0, 0.1) is 0 Å². The lowest BCUT2D eigenvalue weighted by atomic mass is 10.0. The second-order valence-corrected chi connectivity index (χ2v) is 7.51. The number of phenolic OH excluding ortho intramolecular Hbond substituents is 2.